The van der Waals surface area contributed by atoms with Crippen LogP contribution >= 0.6 is 0 Å². The van der Waals surface area contributed by atoms with E-state index in [0.717, 1.165) is 0 Å². The molecule has 0 atom stereocenters. The predicted octanol–water partition coefficient (Wildman–Crippen LogP) is -7.90. The molecule has 0 aromatic rings. The first kappa shape index (κ1) is 129. The van der Waals surface area contributed by atoms with Crippen molar-refractivity contribution in [2.24, 2.45) is 0 Å². The summed E-state index contributed by atoms with van der Waals surface area (Å²) in [5.41, 5.74) is 0. The van der Waals surface area contributed by atoms with Crippen molar-refractivity contribution in [2.45, 2.75) is 0 Å². The van der Waals surface area contributed by atoms with E-state index in [1.165, 1.54) is 0 Å². The van der Waals surface area contributed by atoms with Crippen LogP contribution in [0.3, 0.4) is 0 Å². The van der Waals surface area contributed by atoms with Crippen molar-refractivity contribution in [1.82, 2.24) is 0 Å². The number of hydrogen-bond acceptors (Lipinski definition) is 2. The number of rotatable bonds is 0. The van der Waals surface area contributed by atoms with Crippen molar-refractivity contribution in [3.8, 4) is 0 Å². The molecule has 0 fully saturated rings. The van der Waals surface area contributed by atoms with Crippen LogP contribution in [-0.2, 0) is 10.4 Å². The van der Waals surface area contributed by atoms with Gasteiger partial charge in [0, 0.05) is 0 Å². The second-order valence-electron chi connectivity index (χ2n) is 0.448. The van der Waals surface area contributed by atoms with Crippen LogP contribution in [0.25, 0.3) is 0 Å². The van der Waals surface area contributed by atoms with Gasteiger partial charge in [-0.2, -0.15) is 8.42 Å². The van der Waals surface area contributed by atoms with Crippen LogP contribution in [0.4, 0.5) is 0 Å². The van der Waals surface area contributed by atoms with E-state index < -0.39 is 10.4 Å². The van der Waals surface area contributed by atoms with E-state index >= 15 is 0 Å². The van der Waals surface area contributed by atoms with Crippen LogP contribution in [0.1, 0.15) is 0 Å². The molecule has 0 rings (SSSR count). The molecule has 14 heavy (non-hydrogen) atoms. The average molecular weight is 266 g/mol. The minimum atomic E-state index is -4.67. The van der Waals surface area contributed by atoms with Crippen LogP contribution in [0.5, 0.6) is 0 Å². The molecule has 12 nitrogen and oxygen atoms in total. The van der Waals surface area contributed by atoms with Gasteiger partial charge in [0.1, 0.15) is 0 Å². The molecule has 0 bridgehead atoms. The summed E-state index contributed by atoms with van der Waals surface area (Å²) >= 11 is 0. The Morgan fingerprint density at radius 2 is 0.571 bits per heavy atom. The van der Waals surface area contributed by atoms with Gasteiger partial charge in [0.05, 0.1) is 0 Å². The van der Waals surface area contributed by atoms with Gasteiger partial charge in [-0.05, 0) is 0 Å². The summed E-state index contributed by atoms with van der Waals surface area (Å²) in [6.07, 6.45) is 0. The molecule has 18 N–H and O–H groups in total. The van der Waals surface area contributed by atoms with Gasteiger partial charge in [-0.1, -0.05) is 0 Å². The minimum absolute atomic E-state index is 0. The molecule has 0 aromatic carbocycles. The van der Waals surface area contributed by atoms with E-state index in [0.29, 0.717) is 0 Å². The van der Waals surface area contributed by atoms with Gasteiger partial charge >= 0.3 is 40.0 Å². The zero-order valence-electron chi connectivity index (χ0n) is 6.12. The summed E-state index contributed by atoms with van der Waals surface area (Å²) in [7, 11) is -4.67. The Balaban J connectivity index is -0.00000000222. The molecule has 0 aliphatic carbocycles. The Bertz CT molecular complexity index is 93.5. The van der Waals surface area contributed by atoms with E-state index in [9.17, 15) is 0 Å². The Labute approximate surface area is 101 Å². The normalized spacial score (nSPS) is 4.14. The van der Waals surface area contributed by atoms with E-state index in [4.69, 9.17) is 17.5 Å². The van der Waals surface area contributed by atoms with Crippen LogP contribution < -0.4 is 0 Å². The SMILES string of the molecule is O.O.O.O.O.O.O.O.O=S(=O)(O)O.[NaH]. The van der Waals surface area contributed by atoms with Crippen molar-refractivity contribution >= 4 is 40.0 Å². The third kappa shape index (κ3) is 5530. The molecular formula is H19NaO12S. The van der Waals surface area contributed by atoms with E-state index in [-0.39, 0.29) is 73.4 Å². The standard InChI is InChI=1S/Na.H2O4S.8H2O.H/c;1-5(2,3)4;;;;;;;;;/h;(H2,1,2,3,4);8*1H2;. The first-order chi connectivity index (χ1) is 2.00. The molecule has 0 spiro atoms. The second kappa shape index (κ2) is 49.7. The molecule has 0 amide bonds. The maximum atomic E-state index is 8.74. The maximum absolute atomic E-state index is 8.74. The Morgan fingerprint density at radius 1 is 0.571 bits per heavy atom. The molecule has 0 aliphatic rings. The molecule has 98 valence electrons. The van der Waals surface area contributed by atoms with Gasteiger partial charge in [0.25, 0.3) is 0 Å². The first-order valence-corrected chi connectivity index (χ1v) is 2.10. The fourth-order valence-corrected chi connectivity index (χ4v) is 0. The fraction of sp³-hybridized carbons (Fsp3) is 0. The van der Waals surface area contributed by atoms with Crippen molar-refractivity contribution in [1.29, 1.82) is 0 Å². The van der Waals surface area contributed by atoms with Gasteiger partial charge < -0.3 is 43.8 Å². The van der Waals surface area contributed by atoms with Crippen molar-refractivity contribution in [3.63, 3.8) is 0 Å². The summed E-state index contributed by atoms with van der Waals surface area (Å²) in [5.74, 6) is 0. The molecule has 0 radical (unpaired) electrons. The van der Waals surface area contributed by atoms with E-state index in [2.05, 4.69) is 0 Å². The molecule has 0 unspecified atom stereocenters. The van der Waals surface area contributed by atoms with Crippen molar-refractivity contribution in [2.75, 3.05) is 0 Å². The summed E-state index contributed by atoms with van der Waals surface area (Å²) < 4.78 is 31.6. The van der Waals surface area contributed by atoms with E-state index in [1.807, 2.05) is 0 Å². The molecule has 0 saturated heterocycles. The van der Waals surface area contributed by atoms with Gasteiger partial charge in [-0.15, -0.1) is 0 Å². The summed E-state index contributed by atoms with van der Waals surface area (Å²) in [4.78, 5) is 0. The molecule has 14 heteroatoms. The van der Waals surface area contributed by atoms with E-state index in [1.54, 1.807) is 0 Å². The summed E-state index contributed by atoms with van der Waals surface area (Å²) in [6, 6.07) is 0. The Kier molecular flexibility index (Phi) is 458. The third-order valence-electron chi connectivity index (χ3n) is 0. The molecule has 0 heterocycles. The molecular weight excluding hydrogens is 247 g/mol. The summed E-state index contributed by atoms with van der Waals surface area (Å²) in [5, 5.41) is 0. The number of hydrogen-bond donors (Lipinski definition) is 2. The van der Waals surface area contributed by atoms with Gasteiger partial charge in [-0.25, -0.2) is 0 Å². The van der Waals surface area contributed by atoms with Crippen LogP contribution in [0, 0.1) is 0 Å². The summed E-state index contributed by atoms with van der Waals surface area (Å²) in [6.45, 7) is 0. The zero-order valence-corrected chi connectivity index (χ0v) is 6.94. The third-order valence-corrected chi connectivity index (χ3v) is 0. The van der Waals surface area contributed by atoms with Crippen LogP contribution in [0.15, 0.2) is 0 Å². The monoisotopic (exact) mass is 266 g/mol. The van der Waals surface area contributed by atoms with Crippen molar-refractivity contribution in [3.05, 3.63) is 0 Å². The van der Waals surface area contributed by atoms with Crippen LogP contribution in [0.2, 0.25) is 0 Å². The Hall–Kier alpha value is 0.550. The molecule has 0 aromatic heterocycles. The van der Waals surface area contributed by atoms with Gasteiger partial charge in [-0.3, -0.25) is 9.11 Å². The average Bonchev–Trinajstić information content (AvgIpc) is 0.722. The van der Waals surface area contributed by atoms with Gasteiger partial charge in [0.2, 0.25) is 0 Å². The van der Waals surface area contributed by atoms with Gasteiger partial charge in [0.15, 0.2) is 0 Å². The predicted molar refractivity (Wildman–Crippen MR) is 50.2 cm³/mol. The first-order valence-electron chi connectivity index (χ1n) is 0.698. The zero-order chi connectivity index (χ0) is 4.50. The Morgan fingerprint density at radius 3 is 0.571 bits per heavy atom. The molecule has 0 aliphatic heterocycles. The second-order valence-corrected chi connectivity index (χ2v) is 1.34. The van der Waals surface area contributed by atoms with Crippen LogP contribution in [-0.4, -0.2) is 90.9 Å². The quantitative estimate of drug-likeness (QED) is 0.318. The topological polar surface area (TPSA) is 327 Å². The molecule has 0 saturated carbocycles. The fourth-order valence-electron chi connectivity index (χ4n) is 0. The van der Waals surface area contributed by atoms with Crippen molar-refractivity contribution < 1.29 is 61.3 Å².